The third kappa shape index (κ3) is 5.78. The molecule has 1 aliphatic heterocycles. The number of allylic oxidation sites excluding steroid dienone is 1. The van der Waals surface area contributed by atoms with Gasteiger partial charge in [0.15, 0.2) is 12.2 Å². The first-order valence-corrected chi connectivity index (χ1v) is 9.81. The zero-order valence-corrected chi connectivity index (χ0v) is 16.6. The number of aliphatic carboxylic acids is 2. The summed E-state index contributed by atoms with van der Waals surface area (Å²) in [5.41, 5.74) is 4.12. The summed E-state index contributed by atoms with van der Waals surface area (Å²) in [6.07, 6.45) is 3.38. The Morgan fingerprint density at radius 3 is 2.29 bits per heavy atom. The second-order valence-corrected chi connectivity index (χ2v) is 7.72. The number of aliphatic hydroxyl groups excluding tert-OH is 2. The molecule has 2 aliphatic rings. The lowest BCUT2D eigenvalue weighted by Gasteiger charge is -2.34. The van der Waals surface area contributed by atoms with Crippen molar-refractivity contribution in [3.8, 4) is 11.1 Å². The Labute approximate surface area is 177 Å². The van der Waals surface area contributed by atoms with E-state index < -0.39 is 24.1 Å². The molecule has 1 saturated heterocycles. The van der Waals surface area contributed by atoms with Gasteiger partial charge in [-0.15, -0.1) is 0 Å². The monoisotopic (exact) mass is 433 g/mol. The SMILES string of the molecule is Fc1cc(C2=C[C@H]3CNC[C@@H](C2)C3)cc(-c2ccoc2)c1.O=C(O)[C@H](O)[C@@H](O)C(=O)O. The largest absolute Gasteiger partial charge is 0.479 e. The van der Waals surface area contributed by atoms with Crippen molar-refractivity contribution in [1.29, 1.82) is 0 Å². The summed E-state index contributed by atoms with van der Waals surface area (Å²) in [5, 5.41) is 36.0. The first-order valence-electron chi connectivity index (χ1n) is 9.81. The second-order valence-electron chi connectivity index (χ2n) is 7.72. The van der Waals surface area contributed by atoms with Gasteiger partial charge in [-0.3, -0.25) is 0 Å². The van der Waals surface area contributed by atoms with Crippen LogP contribution in [0.25, 0.3) is 16.7 Å². The molecule has 8 nitrogen and oxygen atoms in total. The number of aliphatic hydroxyl groups is 2. The third-order valence-electron chi connectivity index (χ3n) is 5.35. The van der Waals surface area contributed by atoms with Gasteiger partial charge in [-0.25, -0.2) is 14.0 Å². The van der Waals surface area contributed by atoms with E-state index in [4.69, 9.17) is 24.8 Å². The maximum Gasteiger partial charge on any atom is 0.335 e. The molecule has 31 heavy (non-hydrogen) atoms. The molecule has 0 radical (unpaired) electrons. The van der Waals surface area contributed by atoms with Crippen LogP contribution in [0.15, 0.2) is 47.3 Å². The molecule has 1 aromatic carbocycles. The van der Waals surface area contributed by atoms with Gasteiger partial charge in [0, 0.05) is 12.1 Å². The first-order chi connectivity index (χ1) is 14.7. The number of hydrogen-bond acceptors (Lipinski definition) is 6. The molecule has 2 bridgehead atoms. The average Bonchev–Trinajstić information content (AvgIpc) is 3.27. The number of piperidine rings is 1. The number of nitrogens with one attached hydrogen (secondary N) is 1. The van der Waals surface area contributed by atoms with Crippen LogP contribution in [0.1, 0.15) is 18.4 Å². The van der Waals surface area contributed by atoms with Crippen LogP contribution in [0.2, 0.25) is 0 Å². The minimum absolute atomic E-state index is 0.182. The van der Waals surface area contributed by atoms with Crippen molar-refractivity contribution in [1.82, 2.24) is 5.32 Å². The minimum atomic E-state index is -2.27. The van der Waals surface area contributed by atoms with Crippen LogP contribution in [0.4, 0.5) is 4.39 Å². The molecule has 5 N–H and O–H groups in total. The normalized spacial score (nSPS) is 21.8. The van der Waals surface area contributed by atoms with Crippen LogP contribution in [0.3, 0.4) is 0 Å². The molecule has 0 saturated carbocycles. The maximum atomic E-state index is 14.0. The van der Waals surface area contributed by atoms with Gasteiger partial charge >= 0.3 is 11.9 Å². The van der Waals surface area contributed by atoms with E-state index in [0.717, 1.165) is 36.2 Å². The Balaban J connectivity index is 0.000000233. The van der Waals surface area contributed by atoms with Crippen LogP contribution in [0.5, 0.6) is 0 Å². The summed E-state index contributed by atoms with van der Waals surface area (Å²) in [5.74, 6) is -2.44. The highest BCUT2D eigenvalue weighted by atomic mass is 19.1. The number of furan rings is 1. The Kier molecular flexibility index (Phi) is 7.21. The van der Waals surface area contributed by atoms with Crippen LogP contribution in [-0.2, 0) is 9.59 Å². The summed E-state index contributed by atoms with van der Waals surface area (Å²) < 4.78 is 19.1. The summed E-state index contributed by atoms with van der Waals surface area (Å²) in [4.78, 5) is 19.5. The van der Waals surface area contributed by atoms with Crippen LogP contribution < -0.4 is 5.32 Å². The molecule has 0 unspecified atom stereocenters. The number of carbonyl (C=O) groups is 2. The van der Waals surface area contributed by atoms with E-state index in [1.807, 2.05) is 6.07 Å². The molecule has 4 rings (SSSR count). The topological polar surface area (TPSA) is 140 Å². The predicted octanol–water partition coefficient (Wildman–Crippen LogP) is 1.98. The highest BCUT2D eigenvalue weighted by molar-refractivity contribution is 5.83. The predicted molar refractivity (Wildman–Crippen MR) is 108 cm³/mol. The molecule has 1 aromatic heterocycles. The highest BCUT2D eigenvalue weighted by Crippen LogP contribution is 2.37. The summed E-state index contributed by atoms with van der Waals surface area (Å²) >= 11 is 0. The van der Waals surface area contributed by atoms with Crippen LogP contribution >= 0.6 is 0 Å². The summed E-state index contributed by atoms with van der Waals surface area (Å²) in [6.45, 7) is 2.13. The van der Waals surface area contributed by atoms with E-state index in [-0.39, 0.29) is 5.82 Å². The second kappa shape index (κ2) is 9.86. The fourth-order valence-electron chi connectivity index (χ4n) is 3.87. The van der Waals surface area contributed by atoms with Crippen LogP contribution in [-0.4, -0.2) is 57.7 Å². The van der Waals surface area contributed by atoms with E-state index in [0.29, 0.717) is 11.8 Å². The molecular weight excluding hydrogens is 409 g/mol. The van der Waals surface area contributed by atoms with Gasteiger partial charge < -0.3 is 30.2 Å². The smallest absolute Gasteiger partial charge is 0.335 e. The lowest BCUT2D eigenvalue weighted by atomic mass is 9.77. The van der Waals surface area contributed by atoms with Gasteiger partial charge in [0.1, 0.15) is 5.82 Å². The quantitative estimate of drug-likeness (QED) is 0.482. The van der Waals surface area contributed by atoms with E-state index in [1.165, 1.54) is 12.0 Å². The molecule has 166 valence electrons. The highest BCUT2D eigenvalue weighted by Gasteiger charge is 2.29. The van der Waals surface area contributed by atoms with Crippen molar-refractivity contribution >= 4 is 17.5 Å². The molecule has 1 aliphatic carbocycles. The Bertz CT molecular complexity index is 939. The van der Waals surface area contributed by atoms with E-state index in [1.54, 1.807) is 24.7 Å². The Morgan fingerprint density at radius 1 is 1.03 bits per heavy atom. The molecule has 2 aromatic rings. The minimum Gasteiger partial charge on any atom is -0.479 e. The van der Waals surface area contributed by atoms with Crippen molar-refractivity contribution in [3.05, 3.63) is 54.2 Å². The standard InChI is InChI=1S/C18H18FNO.C4H6O6/c19-18-7-16(14-1-2-21-11-14)6-17(8-18)15-4-12-3-13(5-15)10-20-9-12;5-1(3(7)8)2(6)4(9)10/h1-2,4,6-8,11-13,20H,3,5,9-10H2;1-2,5-6H,(H,7,8)(H,9,10)/t12-,13+;1-,2-/m01/s1. The van der Waals surface area contributed by atoms with Gasteiger partial charge in [0.25, 0.3) is 0 Å². The molecule has 1 fully saturated rings. The summed E-state index contributed by atoms with van der Waals surface area (Å²) in [6, 6.07) is 7.17. The number of carboxylic acid groups (broad SMARTS) is 2. The number of benzene rings is 1. The number of carboxylic acids is 2. The number of fused-ring (bicyclic) bond motifs is 2. The fraction of sp³-hybridized carbons (Fsp3) is 0.364. The van der Waals surface area contributed by atoms with Gasteiger partial charge in [0.2, 0.25) is 0 Å². The maximum absolute atomic E-state index is 14.0. The lowest BCUT2D eigenvalue weighted by molar-refractivity contribution is -0.165. The van der Waals surface area contributed by atoms with Gasteiger partial charge in [-0.1, -0.05) is 6.08 Å². The van der Waals surface area contributed by atoms with E-state index in [2.05, 4.69) is 17.5 Å². The van der Waals surface area contributed by atoms with Crippen molar-refractivity contribution in [2.24, 2.45) is 11.8 Å². The fourth-order valence-corrected chi connectivity index (χ4v) is 3.87. The number of rotatable bonds is 5. The molecule has 9 heteroatoms. The van der Waals surface area contributed by atoms with Gasteiger partial charge in [-0.2, -0.15) is 0 Å². The van der Waals surface area contributed by atoms with Crippen molar-refractivity contribution in [2.75, 3.05) is 13.1 Å². The Morgan fingerprint density at radius 2 is 1.71 bits per heavy atom. The molecule has 0 amide bonds. The van der Waals surface area contributed by atoms with Crippen molar-refractivity contribution in [3.63, 3.8) is 0 Å². The van der Waals surface area contributed by atoms with Gasteiger partial charge in [-0.05, 0) is 72.2 Å². The van der Waals surface area contributed by atoms with Crippen molar-refractivity contribution < 1.29 is 38.8 Å². The molecule has 0 spiro atoms. The number of halogens is 1. The van der Waals surface area contributed by atoms with E-state index in [9.17, 15) is 14.0 Å². The lowest BCUT2D eigenvalue weighted by Crippen LogP contribution is -2.39. The molecule has 4 atom stereocenters. The van der Waals surface area contributed by atoms with Crippen molar-refractivity contribution in [2.45, 2.75) is 25.0 Å². The number of hydrogen-bond donors (Lipinski definition) is 5. The third-order valence-corrected chi connectivity index (χ3v) is 5.35. The Hall–Kier alpha value is -3.01. The van der Waals surface area contributed by atoms with Gasteiger partial charge in [0.05, 0.1) is 12.5 Å². The first kappa shape index (κ1) is 22.7. The zero-order valence-electron chi connectivity index (χ0n) is 16.6. The molecular formula is C22H24FNO7. The zero-order chi connectivity index (χ0) is 22.5. The van der Waals surface area contributed by atoms with Crippen LogP contribution in [0, 0.1) is 17.7 Å². The average molecular weight is 433 g/mol. The summed E-state index contributed by atoms with van der Waals surface area (Å²) in [7, 11) is 0. The molecule has 2 heterocycles. The van der Waals surface area contributed by atoms with E-state index >= 15 is 0 Å².